The van der Waals surface area contributed by atoms with Gasteiger partial charge in [-0.1, -0.05) is 399 Å². The number of anilines is 6. The lowest BCUT2D eigenvalue weighted by molar-refractivity contribution is 0.589. The largest absolute Gasteiger partial charge is 0.311 e. The van der Waals surface area contributed by atoms with E-state index in [1.807, 2.05) is 0 Å². The first kappa shape index (κ1) is 81.0. The Morgan fingerprint density at radius 3 is 0.838 bits per heavy atom. The number of benzene rings is 19. The second-order valence-electron chi connectivity index (χ2n) is 42.3. The number of aromatic nitrogens is 3. The Bertz CT molecular complexity index is 8790. The highest BCUT2D eigenvalue weighted by molar-refractivity contribution is 7.00. The van der Waals surface area contributed by atoms with E-state index in [1.165, 1.54) is 136 Å². The molecule has 0 saturated carbocycles. The van der Waals surface area contributed by atoms with Crippen molar-refractivity contribution in [2.75, 3.05) is 9.80 Å². The zero-order valence-electron chi connectivity index (χ0n) is 78.9. The molecule has 0 atom stereocenters. The number of para-hydroxylation sites is 4. The van der Waals surface area contributed by atoms with Crippen LogP contribution in [0.1, 0.15) is 105 Å². The number of rotatable bonds is 7. The minimum absolute atomic E-state index is 0.100. The zero-order chi connectivity index (χ0) is 91.8. The third kappa shape index (κ3) is 12.4. The lowest BCUT2D eigenvalue weighted by Crippen LogP contribution is -2.61. The summed E-state index contributed by atoms with van der Waals surface area (Å²) in [5.41, 5.74) is 33.8. The van der Waals surface area contributed by atoms with Gasteiger partial charge in [0.15, 0.2) is 0 Å². The molecule has 5 nitrogen and oxygen atoms in total. The molecule has 2 aliphatic rings. The maximum Gasteiger partial charge on any atom is 0.252 e. The molecule has 0 radical (unpaired) electrons. The van der Waals surface area contributed by atoms with E-state index in [9.17, 15) is 0 Å². The Morgan fingerprint density at radius 1 is 0.184 bits per heavy atom. The van der Waals surface area contributed by atoms with Crippen LogP contribution in [0.5, 0.6) is 0 Å². The van der Waals surface area contributed by atoms with E-state index >= 15 is 0 Å². The highest BCUT2D eigenvalue weighted by atomic mass is 15.2. The van der Waals surface area contributed by atoms with Gasteiger partial charge in [0, 0.05) is 87.7 Å². The topological polar surface area (TPSA) is 20.2 Å². The minimum atomic E-state index is -0.458. The summed E-state index contributed by atoms with van der Waals surface area (Å²) in [5.74, 6) is 0. The molecular weight excluding hydrogens is 1640 g/mol. The highest BCUT2D eigenvalue weighted by Gasteiger charge is 2.46. The number of hydrogen-bond acceptors (Lipinski definition) is 2. The van der Waals surface area contributed by atoms with Crippen molar-refractivity contribution in [3.05, 3.63) is 423 Å². The molecule has 24 aromatic rings. The average molecular weight is 1750 g/mol. The average Bonchev–Trinajstić information content (AvgIpc) is 1.01. The molecule has 0 fully saturated rings. The van der Waals surface area contributed by atoms with Crippen molar-refractivity contribution in [2.45, 2.75) is 105 Å². The van der Waals surface area contributed by atoms with Crippen molar-refractivity contribution in [2.24, 2.45) is 0 Å². The van der Waals surface area contributed by atoms with Crippen molar-refractivity contribution in [3.8, 4) is 50.2 Å². The van der Waals surface area contributed by atoms with Crippen LogP contribution >= 0.6 is 0 Å². The molecule has 7 heterocycles. The SMILES string of the molecule is CC(C)(C)c1ccc(-c2cc(C(C)(C)C)ccc2N2c3cc4c(cc3B3c5cc6c7ccccc7c7ccccc7c7cccc8c9ccccc9n(c6cc5N(c5ccc(C(C)(C)C)cc5-c5ccc(C(C)(C)C)cc5)c5cc(-n6c9ccc(-c%10ccccc%10)cc9c9cc(-c%10ccccc%10)ccc96)cc2c53)c78)c2ccccc2c2ccccc2c2cccc3c5ccccc5n4c23)cc1. The standard InChI is InChI=1S/C130H102BN5/c1-127(2,3)85-59-53-81(54-60-85)104-71-87(129(7,8)9)63-67-114(104)133-120-77-118-108(96-43-25-21-39-92(96)90-37-19-23-41-94(90)100-47-31-49-102-98-45-27-29-51-112(98)135(118)125(100)102)75-110(120)131-111-76-109-97-44-26-22-40-93(97)91-38-20-24-42-95(91)101-48-32-50-103-99-46-28-30-52-113(99)136(126(101)103)119(109)78-121(111)134(115-68-64-88(130(10,11)12)72-105(115)82-55-61-86(62-56-82)128(4,5)6)123-74-89(73-122(133)124(123)131)132-116-65-57-83(79-33-15-13-16-34-79)69-106(116)107-70-84(58-66-117(107)132)80-35-17-14-18-36-80/h13-78H,1-12H3. The van der Waals surface area contributed by atoms with E-state index in [2.05, 4.69) is 507 Å². The Labute approximate surface area is 793 Å². The van der Waals surface area contributed by atoms with Crippen molar-refractivity contribution in [1.82, 2.24) is 13.4 Å². The smallest absolute Gasteiger partial charge is 0.252 e. The third-order valence-corrected chi connectivity index (χ3v) is 30.2. The quantitative estimate of drug-likeness (QED) is 0.148. The van der Waals surface area contributed by atoms with Crippen molar-refractivity contribution < 1.29 is 0 Å². The Morgan fingerprint density at radius 2 is 0.478 bits per heavy atom. The van der Waals surface area contributed by atoms with Gasteiger partial charge in [0.1, 0.15) is 0 Å². The summed E-state index contributed by atoms with van der Waals surface area (Å²) in [5, 5.41) is 21.3. The summed E-state index contributed by atoms with van der Waals surface area (Å²) >= 11 is 0. The van der Waals surface area contributed by atoms with Crippen LogP contribution in [0.3, 0.4) is 0 Å². The second-order valence-corrected chi connectivity index (χ2v) is 42.3. The van der Waals surface area contributed by atoms with E-state index < -0.39 is 6.71 Å². The molecule has 0 aliphatic carbocycles. The molecule has 0 spiro atoms. The maximum absolute atomic E-state index is 2.77. The highest BCUT2D eigenvalue weighted by Crippen LogP contribution is 2.55. The fraction of sp³-hybridized carbons (Fsp3) is 0.123. The molecule has 0 amide bonds. The normalized spacial score (nSPS) is 13.1. The lowest BCUT2D eigenvalue weighted by Gasteiger charge is -2.45. The van der Waals surface area contributed by atoms with Crippen molar-refractivity contribution in [3.63, 3.8) is 0 Å². The fourth-order valence-corrected chi connectivity index (χ4v) is 23.4. The van der Waals surface area contributed by atoms with Crippen LogP contribution in [0.15, 0.2) is 400 Å². The molecule has 6 heteroatoms. The molecule has 0 saturated heterocycles. The van der Waals surface area contributed by atoms with Crippen molar-refractivity contribution in [1.29, 1.82) is 0 Å². The van der Waals surface area contributed by atoms with Crippen LogP contribution in [-0.4, -0.2) is 20.1 Å². The van der Waals surface area contributed by atoms with Gasteiger partial charge < -0.3 is 23.2 Å². The van der Waals surface area contributed by atoms with Crippen LogP contribution < -0.4 is 26.2 Å². The molecule has 136 heavy (non-hydrogen) atoms. The third-order valence-electron chi connectivity index (χ3n) is 30.2. The van der Waals surface area contributed by atoms with E-state index in [0.717, 1.165) is 128 Å². The van der Waals surface area contributed by atoms with E-state index in [1.54, 1.807) is 0 Å². The van der Waals surface area contributed by atoms with Crippen LogP contribution in [-0.2, 0) is 21.7 Å². The van der Waals surface area contributed by atoms with Gasteiger partial charge in [0.2, 0.25) is 0 Å². The predicted molar refractivity (Wildman–Crippen MR) is 586 cm³/mol. The van der Waals surface area contributed by atoms with Crippen molar-refractivity contribution >= 4 is 198 Å². The summed E-state index contributed by atoms with van der Waals surface area (Å²) < 4.78 is 7.96. The number of fused-ring (bicyclic) bond motifs is 27. The van der Waals surface area contributed by atoms with Crippen LogP contribution in [0.25, 0.3) is 191 Å². The first-order chi connectivity index (χ1) is 66.0. The zero-order valence-corrected chi connectivity index (χ0v) is 78.9. The summed E-state index contributed by atoms with van der Waals surface area (Å²) in [6, 6.07) is 156. The van der Waals surface area contributed by atoms with E-state index in [4.69, 9.17) is 0 Å². The molecular formula is C130H102BN5. The van der Waals surface area contributed by atoms with Gasteiger partial charge in [0.05, 0.1) is 61.2 Å². The number of hydrogen-bond donors (Lipinski definition) is 0. The van der Waals surface area contributed by atoms with Crippen LogP contribution in [0.4, 0.5) is 34.1 Å². The predicted octanol–water partition coefficient (Wildman–Crippen LogP) is 33.9. The van der Waals surface area contributed by atoms with Gasteiger partial charge in [0.25, 0.3) is 6.71 Å². The Hall–Kier alpha value is -15.8. The van der Waals surface area contributed by atoms with Gasteiger partial charge in [-0.2, -0.15) is 0 Å². The summed E-state index contributed by atoms with van der Waals surface area (Å²) in [7, 11) is 0. The fourth-order valence-electron chi connectivity index (χ4n) is 23.4. The molecule has 0 unspecified atom stereocenters. The van der Waals surface area contributed by atoms with Gasteiger partial charge in [-0.3, -0.25) is 0 Å². The molecule has 0 bridgehead atoms. The lowest BCUT2D eigenvalue weighted by atomic mass is 9.33. The van der Waals surface area contributed by atoms with Gasteiger partial charge in [-0.15, -0.1) is 0 Å². The minimum Gasteiger partial charge on any atom is -0.311 e. The van der Waals surface area contributed by atoms with E-state index in [-0.39, 0.29) is 21.7 Å². The molecule has 5 aromatic heterocycles. The summed E-state index contributed by atoms with van der Waals surface area (Å²) in [4.78, 5) is 5.54. The van der Waals surface area contributed by atoms with E-state index in [0.29, 0.717) is 0 Å². The van der Waals surface area contributed by atoms with Gasteiger partial charge in [-0.05, 0) is 222 Å². The monoisotopic (exact) mass is 1740 g/mol. The Balaban J connectivity index is 0.923. The summed E-state index contributed by atoms with van der Waals surface area (Å²) in [6.07, 6.45) is 0. The van der Waals surface area contributed by atoms with Crippen LogP contribution in [0, 0.1) is 0 Å². The van der Waals surface area contributed by atoms with Gasteiger partial charge in [-0.25, -0.2) is 0 Å². The Kier molecular flexibility index (Phi) is 17.8. The molecule has 26 rings (SSSR count). The molecule has 650 valence electrons. The van der Waals surface area contributed by atoms with Crippen LogP contribution in [0.2, 0.25) is 0 Å². The molecule has 19 aromatic carbocycles. The van der Waals surface area contributed by atoms with Gasteiger partial charge >= 0.3 is 0 Å². The first-order valence-corrected chi connectivity index (χ1v) is 48.3. The summed E-state index contributed by atoms with van der Waals surface area (Å²) in [6.45, 7) is 27.8. The molecule has 0 N–H and O–H groups in total. The number of nitrogens with zero attached hydrogens (tertiary/aromatic N) is 5. The first-order valence-electron chi connectivity index (χ1n) is 48.3. The molecule has 2 aliphatic heterocycles. The second kappa shape index (κ2) is 29.9. The maximum atomic E-state index is 2.77.